The van der Waals surface area contributed by atoms with Crippen LogP contribution in [0.2, 0.25) is 0 Å². The zero-order chi connectivity index (χ0) is 26.7. The van der Waals surface area contributed by atoms with Crippen LogP contribution < -0.4 is 15.4 Å². The molecule has 1 saturated carbocycles. The Morgan fingerprint density at radius 2 is 1.94 bits per heavy atom. The number of methoxy groups -OCH3 is 1. The zero-order valence-corrected chi connectivity index (χ0v) is 21.3. The Hall–Kier alpha value is -2.93. The standard InChI is InChI=1S/C23H30F3N5O4S/c1-14(32)28-16-9-10-18(21(12-16)35-3)29-22-27-13-17(23(24,25)26)19(30-22)11-15-7-5-6-8-20(15)31(2)36(4,33)34/h9-10,12-13,15,20H,5-8,11H2,1-4H3,(H,28,32)(H,27,29,30)/t15-,20+/m0/s1. The number of aromatic nitrogens is 2. The zero-order valence-electron chi connectivity index (χ0n) is 20.5. The topological polar surface area (TPSA) is 114 Å². The Bertz CT molecular complexity index is 1210. The van der Waals surface area contributed by atoms with Gasteiger partial charge in [0, 0.05) is 38.0 Å². The van der Waals surface area contributed by atoms with Gasteiger partial charge in [0.2, 0.25) is 21.9 Å². The molecule has 2 aromatic rings. The summed E-state index contributed by atoms with van der Waals surface area (Å²) >= 11 is 0. The van der Waals surface area contributed by atoms with Gasteiger partial charge in [0.05, 0.1) is 30.3 Å². The molecule has 1 heterocycles. The molecule has 1 aromatic carbocycles. The number of rotatable bonds is 8. The molecule has 13 heteroatoms. The lowest BCUT2D eigenvalue weighted by atomic mass is 9.81. The first-order valence-corrected chi connectivity index (χ1v) is 13.2. The summed E-state index contributed by atoms with van der Waals surface area (Å²) in [6.07, 6.45) is -0.117. The van der Waals surface area contributed by atoms with E-state index in [9.17, 15) is 26.4 Å². The fourth-order valence-corrected chi connectivity index (χ4v) is 5.23. The predicted octanol–water partition coefficient (Wildman–Crippen LogP) is 4.20. The summed E-state index contributed by atoms with van der Waals surface area (Å²) in [5.41, 5.74) is -0.276. The van der Waals surface area contributed by atoms with Gasteiger partial charge in [-0.1, -0.05) is 12.8 Å². The molecule has 0 aliphatic heterocycles. The molecule has 0 spiro atoms. The maximum absolute atomic E-state index is 13.8. The number of anilines is 3. The third-order valence-corrected chi connectivity index (χ3v) is 7.57. The average molecular weight is 530 g/mol. The van der Waals surface area contributed by atoms with Gasteiger partial charge in [0.1, 0.15) is 5.75 Å². The lowest BCUT2D eigenvalue weighted by molar-refractivity contribution is -0.138. The summed E-state index contributed by atoms with van der Waals surface area (Å²) in [4.78, 5) is 19.4. The largest absolute Gasteiger partial charge is 0.494 e. The third-order valence-electron chi connectivity index (χ3n) is 6.26. The SMILES string of the molecule is COc1cc(NC(C)=O)ccc1Nc1ncc(C(F)(F)F)c(C[C@@H]2CCCC[C@H]2N(C)S(C)(=O)=O)n1. The maximum Gasteiger partial charge on any atom is 0.419 e. The van der Waals surface area contributed by atoms with Crippen LogP contribution in [0.25, 0.3) is 0 Å². The lowest BCUT2D eigenvalue weighted by Gasteiger charge is -2.37. The number of amides is 1. The number of carbonyl (C=O) groups is 1. The van der Waals surface area contributed by atoms with Gasteiger partial charge in [-0.05, 0) is 37.3 Å². The van der Waals surface area contributed by atoms with Crippen molar-refractivity contribution in [2.45, 2.75) is 51.2 Å². The van der Waals surface area contributed by atoms with E-state index < -0.39 is 27.8 Å². The summed E-state index contributed by atoms with van der Waals surface area (Å²) in [6.45, 7) is 1.36. The van der Waals surface area contributed by atoms with Crippen LogP contribution in [0.1, 0.15) is 43.9 Å². The Morgan fingerprint density at radius 1 is 1.25 bits per heavy atom. The summed E-state index contributed by atoms with van der Waals surface area (Å²) in [5.74, 6) is -0.328. The van der Waals surface area contributed by atoms with Crippen molar-refractivity contribution in [3.63, 3.8) is 0 Å². The van der Waals surface area contributed by atoms with Gasteiger partial charge < -0.3 is 15.4 Å². The van der Waals surface area contributed by atoms with Crippen molar-refractivity contribution in [3.8, 4) is 5.75 Å². The maximum atomic E-state index is 13.8. The van der Waals surface area contributed by atoms with Crippen LogP contribution >= 0.6 is 0 Å². The number of hydrogen-bond acceptors (Lipinski definition) is 7. The van der Waals surface area contributed by atoms with Crippen molar-refractivity contribution in [2.24, 2.45) is 5.92 Å². The molecule has 0 unspecified atom stereocenters. The van der Waals surface area contributed by atoms with E-state index in [-0.39, 0.29) is 29.9 Å². The van der Waals surface area contributed by atoms with Crippen LogP contribution in [0.15, 0.2) is 24.4 Å². The molecule has 0 radical (unpaired) electrons. The normalized spacial score (nSPS) is 18.7. The van der Waals surface area contributed by atoms with E-state index in [1.165, 1.54) is 25.4 Å². The first-order chi connectivity index (χ1) is 16.8. The Balaban J connectivity index is 1.94. The van der Waals surface area contributed by atoms with E-state index in [1.54, 1.807) is 18.2 Å². The second-order valence-corrected chi connectivity index (χ2v) is 10.9. The van der Waals surface area contributed by atoms with Gasteiger partial charge in [-0.3, -0.25) is 4.79 Å². The number of nitrogens with one attached hydrogen (secondary N) is 2. The first-order valence-electron chi connectivity index (χ1n) is 11.4. The monoisotopic (exact) mass is 529 g/mol. The number of benzene rings is 1. The minimum absolute atomic E-state index is 0.0465. The van der Waals surface area contributed by atoms with Crippen LogP contribution in [0.4, 0.5) is 30.5 Å². The highest BCUT2D eigenvalue weighted by Crippen LogP contribution is 2.37. The number of sulfonamides is 1. The molecule has 0 bridgehead atoms. The molecule has 1 aromatic heterocycles. The van der Waals surface area contributed by atoms with Crippen molar-refractivity contribution in [2.75, 3.05) is 31.0 Å². The van der Waals surface area contributed by atoms with Crippen molar-refractivity contribution in [3.05, 3.63) is 35.7 Å². The van der Waals surface area contributed by atoms with Gasteiger partial charge >= 0.3 is 6.18 Å². The van der Waals surface area contributed by atoms with E-state index in [0.717, 1.165) is 25.3 Å². The summed E-state index contributed by atoms with van der Waals surface area (Å²) in [5, 5.41) is 5.51. The number of halogens is 3. The van der Waals surface area contributed by atoms with Crippen molar-refractivity contribution >= 4 is 33.3 Å². The fraction of sp³-hybridized carbons (Fsp3) is 0.522. The van der Waals surface area contributed by atoms with Crippen LogP contribution in [-0.4, -0.2) is 55.1 Å². The van der Waals surface area contributed by atoms with Gasteiger partial charge in [0.25, 0.3) is 0 Å². The van der Waals surface area contributed by atoms with Gasteiger partial charge in [0.15, 0.2) is 0 Å². The van der Waals surface area contributed by atoms with Crippen molar-refractivity contribution in [1.29, 1.82) is 0 Å². The highest BCUT2D eigenvalue weighted by atomic mass is 32.2. The Kier molecular flexibility index (Phi) is 8.44. The van der Waals surface area contributed by atoms with Gasteiger partial charge in [-0.15, -0.1) is 0 Å². The Morgan fingerprint density at radius 3 is 2.56 bits per heavy atom. The summed E-state index contributed by atoms with van der Waals surface area (Å²) in [6, 6.07) is 4.33. The number of alkyl halides is 3. The van der Waals surface area contributed by atoms with E-state index in [0.29, 0.717) is 30.0 Å². The number of nitrogens with zero attached hydrogens (tertiary/aromatic N) is 3. The molecule has 3 rings (SSSR count). The minimum Gasteiger partial charge on any atom is -0.494 e. The van der Waals surface area contributed by atoms with E-state index in [2.05, 4.69) is 20.6 Å². The molecular formula is C23H30F3N5O4S. The smallest absolute Gasteiger partial charge is 0.419 e. The fourth-order valence-electron chi connectivity index (χ4n) is 4.46. The van der Waals surface area contributed by atoms with Crippen molar-refractivity contribution in [1.82, 2.24) is 14.3 Å². The third kappa shape index (κ3) is 6.84. The summed E-state index contributed by atoms with van der Waals surface area (Å²) in [7, 11) is -0.628. The van der Waals surface area contributed by atoms with Crippen LogP contribution in [0.5, 0.6) is 5.75 Å². The average Bonchev–Trinajstić information content (AvgIpc) is 2.78. The lowest BCUT2D eigenvalue weighted by Crippen LogP contribution is -2.44. The second kappa shape index (κ2) is 11.0. The second-order valence-electron chi connectivity index (χ2n) is 8.87. The van der Waals surface area contributed by atoms with Crippen LogP contribution in [0, 0.1) is 5.92 Å². The minimum atomic E-state index is -4.67. The quantitative estimate of drug-likeness (QED) is 0.527. The van der Waals surface area contributed by atoms with Gasteiger partial charge in [-0.25, -0.2) is 22.7 Å². The number of carbonyl (C=O) groups excluding carboxylic acids is 1. The summed E-state index contributed by atoms with van der Waals surface area (Å²) < 4.78 is 72.3. The molecule has 1 fully saturated rings. The molecular weight excluding hydrogens is 499 g/mol. The van der Waals surface area contributed by atoms with E-state index >= 15 is 0 Å². The Labute approximate surface area is 208 Å². The van der Waals surface area contributed by atoms with Crippen LogP contribution in [-0.2, 0) is 27.4 Å². The molecule has 36 heavy (non-hydrogen) atoms. The highest BCUT2D eigenvalue weighted by molar-refractivity contribution is 7.88. The highest BCUT2D eigenvalue weighted by Gasteiger charge is 2.38. The van der Waals surface area contributed by atoms with Crippen LogP contribution in [0.3, 0.4) is 0 Å². The molecule has 2 atom stereocenters. The molecule has 1 aliphatic carbocycles. The predicted molar refractivity (Wildman–Crippen MR) is 130 cm³/mol. The molecule has 1 aliphatic rings. The molecule has 2 N–H and O–H groups in total. The van der Waals surface area contributed by atoms with Gasteiger partial charge in [-0.2, -0.15) is 13.2 Å². The number of hydrogen-bond donors (Lipinski definition) is 2. The van der Waals surface area contributed by atoms with E-state index in [4.69, 9.17) is 4.74 Å². The molecule has 0 saturated heterocycles. The molecule has 1 amide bonds. The molecule has 198 valence electrons. The number of ether oxygens (including phenoxy) is 1. The van der Waals surface area contributed by atoms with E-state index in [1.807, 2.05) is 0 Å². The first kappa shape index (κ1) is 27.7. The van der Waals surface area contributed by atoms with Crippen molar-refractivity contribution < 1.29 is 31.1 Å². The molecule has 9 nitrogen and oxygen atoms in total.